The van der Waals surface area contributed by atoms with Crippen molar-refractivity contribution in [2.75, 3.05) is 159 Å². The molecule has 4 saturated heterocycles. The summed E-state index contributed by atoms with van der Waals surface area (Å²) in [6.45, 7) is 83.2. The van der Waals surface area contributed by atoms with Gasteiger partial charge in [-0.3, -0.25) is 0 Å². The maximum absolute atomic E-state index is 11.4. The minimum atomic E-state index is -0.588. The van der Waals surface area contributed by atoms with Crippen molar-refractivity contribution >= 4 is 59.7 Å². The highest BCUT2D eigenvalue weighted by atomic mass is 16.7. The Morgan fingerprint density at radius 2 is 0.586 bits per heavy atom. The maximum atomic E-state index is 11.4. The van der Waals surface area contributed by atoms with Crippen LogP contribution in [0.3, 0.4) is 0 Å². The Hall–Kier alpha value is -12.3. The molecule has 0 radical (unpaired) electrons. The van der Waals surface area contributed by atoms with Crippen LogP contribution in [0.25, 0.3) is 0 Å². The minimum absolute atomic E-state index is 0.0186. The van der Waals surface area contributed by atoms with Crippen molar-refractivity contribution in [3.8, 4) is 11.5 Å². The van der Waals surface area contributed by atoms with Crippen LogP contribution in [-0.2, 0) is 158 Å². The molecule has 6 heterocycles. The van der Waals surface area contributed by atoms with E-state index in [2.05, 4.69) is 102 Å². The molecule has 0 saturated carbocycles. The first-order chi connectivity index (χ1) is 68.1. The molecule has 145 heavy (non-hydrogen) atoms. The Labute approximate surface area is 853 Å². The molecule has 0 aliphatic carbocycles. The quantitative estimate of drug-likeness (QED) is 0.00989. The number of rotatable bonds is 49. The van der Waals surface area contributed by atoms with Crippen molar-refractivity contribution in [2.45, 2.75) is 180 Å². The Balaban J connectivity index is 0.000000584. The number of benzene rings is 2. The molecule has 2 aromatic carbocycles. The summed E-state index contributed by atoms with van der Waals surface area (Å²) >= 11 is 0. The summed E-state index contributed by atoms with van der Waals surface area (Å²) in [5.74, 6) is -1.91. The molecule has 2 spiro atoms. The van der Waals surface area contributed by atoms with Crippen molar-refractivity contribution < 1.29 is 170 Å². The first-order valence-electron chi connectivity index (χ1n) is 46.5. The van der Waals surface area contributed by atoms with Crippen LogP contribution in [-0.4, -0.2) is 249 Å². The molecular weight excluding hydrogens is 1890 g/mol. The van der Waals surface area contributed by atoms with Crippen LogP contribution < -0.4 is 9.47 Å². The van der Waals surface area contributed by atoms with E-state index in [1.807, 2.05) is 114 Å². The summed E-state index contributed by atoms with van der Waals surface area (Å²) in [4.78, 5) is 111. The molecule has 0 bridgehead atoms. The van der Waals surface area contributed by atoms with E-state index in [0.29, 0.717) is 160 Å². The fraction of sp³-hybridized carbons (Fsp3) is 0.505. The summed E-state index contributed by atoms with van der Waals surface area (Å²) in [6, 6.07) is 23.0. The van der Waals surface area contributed by atoms with E-state index in [1.54, 1.807) is 87.0 Å². The number of carbonyl (C=O) groups excluding carboxylic acids is 10. The maximum Gasteiger partial charge on any atom is 0.335 e. The smallest absolute Gasteiger partial charge is 0.335 e. The molecule has 3 unspecified atom stereocenters. The van der Waals surface area contributed by atoms with E-state index in [0.717, 1.165) is 11.1 Å². The standard InChI is InChI=1S/C27H32O6.C19H32O6.C17H28O6.C15H16O6.2C11H16O4.C9H12O4/c1-19(2)25(28)32-17-15-30-23-11-7-21(8-12-23)27(5,6)22-9-13-24(14-10-22)31-16-18-33-26(29)20(3)4;1-13(2)17(20)22-9-15(5)24-11-19(7,8)12-25-16(6)10-23-18(21)14(3)4;1-13(2)15(18)22-9-7-20-11-17(5,6)12-21-8-10-23-16(19)14(3)4;1-3-11(16-5-1)13-18-7-15(8-19-13)9-20-14(21-10-15)12-4-2-6-17-12;1-3-9-12-5-11(6-13-9)7-14-10(4-2)15-8-11;1-7(2)10(12)14-6-9(5)15-11(13)8(3)4;1-6(2)8(10)12-5-13-9(11)7(3)4/h7-14H,1,3,15-18H2,2,4-6H3;15-16H,1,3,9-12H2,2,4-8H3;1,3,7-12H2,2,4-6H3;1-6,13-14H,7-10H2;3-4,9-10H,1-2,5-8H2;9H,1,3,6H2,2,4-5H3;1,3,5H2,2,4H3. The fourth-order valence-corrected chi connectivity index (χ4v) is 11.0. The van der Waals surface area contributed by atoms with Gasteiger partial charge in [0.25, 0.3) is 0 Å². The fourth-order valence-electron chi connectivity index (χ4n) is 11.0. The highest BCUT2D eigenvalue weighted by molar-refractivity contribution is 5.91. The van der Waals surface area contributed by atoms with Crippen LogP contribution in [0.5, 0.6) is 11.5 Å². The molecular formula is C109H152O36. The van der Waals surface area contributed by atoms with E-state index in [-0.39, 0.29) is 122 Å². The molecule has 0 amide bonds. The molecule has 8 rings (SSSR count). The van der Waals surface area contributed by atoms with Crippen LogP contribution in [0.1, 0.15) is 167 Å². The van der Waals surface area contributed by atoms with Gasteiger partial charge in [0, 0.05) is 72.0 Å². The van der Waals surface area contributed by atoms with Gasteiger partial charge in [-0.1, -0.05) is 145 Å². The predicted octanol–water partition coefficient (Wildman–Crippen LogP) is 16.9. The molecule has 0 N–H and O–H groups in total. The monoisotopic (exact) mass is 2040 g/mol. The Morgan fingerprint density at radius 3 is 0.855 bits per heavy atom. The topological polar surface area (TPSA) is 419 Å². The van der Waals surface area contributed by atoms with Crippen molar-refractivity contribution in [3.63, 3.8) is 0 Å². The summed E-state index contributed by atoms with van der Waals surface area (Å²) in [5.41, 5.74) is 4.48. The lowest BCUT2D eigenvalue weighted by molar-refractivity contribution is -0.312. The van der Waals surface area contributed by atoms with Crippen LogP contribution in [0, 0.1) is 21.7 Å². The third kappa shape index (κ3) is 53.9. The zero-order valence-electron chi connectivity index (χ0n) is 87.9. The molecule has 4 aliphatic heterocycles. The number of ether oxygens (including phenoxy) is 24. The van der Waals surface area contributed by atoms with Gasteiger partial charge in [0.2, 0.25) is 19.4 Å². The summed E-state index contributed by atoms with van der Waals surface area (Å²) in [5, 5.41) is 0. The van der Waals surface area contributed by atoms with Gasteiger partial charge in [-0.2, -0.15) is 0 Å². The van der Waals surface area contributed by atoms with E-state index in [9.17, 15) is 47.9 Å². The largest absolute Gasteiger partial charge is 0.490 e. The molecule has 4 fully saturated rings. The van der Waals surface area contributed by atoms with Crippen molar-refractivity contribution in [1.29, 1.82) is 0 Å². The third-order valence-corrected chi connectivity index (χ3v) is 19.6. The average molecular weight is 2040 g/mol. The van der Waals surface area contributed by atoms with Crippen LogP contribution in [0.2, 0.25) is 0 Å². The highest BCUT2D eigenvalue weighted by Gasteiger charge is 2.45. The lowest BCUT2D eigenvalue weighted by atomic mass is 9.78. The van der Waals surface area contributed by atoms with Gasteiger partial charge in [0.1, 0.15) is 77.1 Å². The lowest BCUT2D eigenvalue weighted by Gasteiger charge is -2.42. The van der Waals surface area contributed by atoms with Gasteiger partial charge in [0.15, 0.2) is 24.1 Å². The van der Waals surface area contributed by atoms with Gasteiger partial charge in [0.05, 0.1) is 128 Å². The van der Waals surface area contributed by atoms with E-state index < -0.39 is 85.2 Å². The zero-order valence-corrected chi connectivity index (χ0v) is 87.9. The Kier molecular flexibility index (Phi) is 59.9. The Bertz CT molecular complexity index is 4550. The lowest BCUT2D eigenvalue weighted by Crippen LogP contribution is -2.51. The number of carbonyl (C=O) groups is 10. The number of hydrogen-bond donors (Lipinski definition) is 0. The zero-order chi connectivity index (χ0) is 109. The van der Waals surface area contributed by atoms with E-state index in [4.69, 9.17) is 113 Å². The van der Waals surface area contributed by atoms with E-state index >= 15 is 0 Å². The molecule has 2 aromatic heterocycles. The summed E-state index contributed by atoms with van der Waals surface area (Å²) in [7, 11) is 0. The number of furan rings is 2. The normalized spacial score (nSPS) is 17.6. The van der Waals surface area contributed by atoms with Crippen LogP contribution in [0.15, 0.2) is 241 Å². The SMILES string of the molecule is C=C(C)C(=O)OCC(C)OC(=O)C(=C)C.C=C(C)C(=O)OCC(C)OCC(C)(C)COC(C)COC(=O)C(=C)C.C=C(C)C(=O)OCCOCC(C)(C)COCCOC(=O)C(=C)C.C=C(C)C(=O)OCCOc1ccc(C(C)(C)c2ccc(OCCOC(=O)C(=C)C)cc2)cc1.C=C(C)C(=O)OCOC(=O)C(=C)C.C=CC1OCC2(CO1)COC(C=C)OC2.c1coc(C2OCC3(CO2)COC(c2ccco2)OC3)c1. The molecule has 36 heteroatoms. The summed E-state index contributed by atoms with van der Waals surface area (Å²) in [6.07, 6.45) is 4.06. The van der Waals surface area contributed by atoms with Gasteiger partial charge >= 0.3 is 59.7 Å². The third-order valence-electron chi connectivity index (χ3n) is 19.6. The van der Waals surface area contributed by atoms with Gasteiger partial charge < -0.3 is 123 Å². The molecule has 4 aliphatic rings. The number of hydrogen-bond acceptors (Lipinski definition) is 36. The summed E-state index contributed by atoms with van der Waals surface area (Å²) < 4.78 is 138. The number of esters is 10. The van der Waals surface area contributed by atoms with E-state index in [1.165, 1.54) is 13.8 Å². The first kappa shape index (κ1) is 129. The van der Waals surface area contributed by atoms with Crippen molar-refractivity contribution in [1.82, 2.24) is 0 Å². The second kappa shape index (κ2) is 67.4. The molecule has 804 valence electrons. The Morgan fingerprint density at radius 1 is 0.331 bits per heavy atom. The minimum Gasteiger partial charge on any atom is -0.490 e. The van der Waals surface area contributed by atoms with Gasteiger partial charge in [-0.25, -0.2) is 47.9 Å². The molecule has 4 aromatic rings. The molecule has 36 nitrogen and oxygen atoms in total. The van der Waals surface area contributed by atoms with Crippen molar-refractivity contribution in [2.24, 2.45) is 21.7 Å². The van der Waals surface area contributed by atoms with Gasteiger partial charge in [-0.05, 0) is 162 Å². The molecule has 3 atom stereocenters. The van der Waals surface area contributed by atoms with Gasteiger partial charge in [-0.15, -0.1) is 0 Å². The first-order valence-corrected chi connectivity index (χ1v) is 46.5. The highest BCUT2D eigenvalue weighted by Crippen LogP contribution is 2.39. The predicted molar refractivity (Wildman–Crippen MR) is 537 cm³/mol. The van der Waals surface area contributed by atoms with Crippen LogP contribution in [0.4, 0.5) is 0 Å². The second-order valence-corrected chi connectivity index (χ2v) is 36.8. The average Bonchev–Trinajstić information content (AvgIpc) is 0.868. The van der Waals surface area contributed by atoms with Crippen LogP contribution >= 0.6 is 0 Å². The second-order valence-electron chi connectivity index (χ2n) is 36.8. The van der Waals surface area contributed by atoms with Crippen molar-refractivity contribution in [3.05, 3.63) is 255 Å².